The summed E-state index contributed by atoms with van der Waals surface area (Å²) in [6.45, 7) is 2.88. The number of hydrogen-bond acceptors (Lipinski definition) is 4. The van der Waals surface area contributed by atoms with Crippen molar-refractivity contribution < 1.29 is 4.79 Å². The van der Waals surface area contributed by atoms with Gasteiger partial charge in [0.2, 0.25) is 5.91 Å². The summed E-state index contributed by atoms with van der Waals surface area (Å²) in [7, 11) is 0. The Labute approximate surface area is 167 Å². The molecule has 3 rings (SSSR count). The maximum Gasteiger partial charge on any atom is 0.224 e. The van der Waals surface area contributed by atoms with Crippen molar-refractivity contribution in [3.05, 3.63) is 33.6 Å². The SMILES string of the molecule is Cc1ccc(Cl)c(NC(=O)CCCSc2nnc3n2CCCCC3)c1Cl. The summed E-state index contributed by atoms with van der Waals surface area (Å²) in [4.78, 5) is 12.2. The van der Waals surface area contributed by atoms with E-state index >= 15 is 0 Å². The van der Waals surface area contributed by atoms with Gasteiger partial charge in [-0.05, 0) is 37.8 Å². The van der Waals surface area contributed by atoms with E-state index in [2.05, 4.69) is 20.1 Å². The third-order valence-corrected chi connectivity index (χ3v) is 6.26. The lowest BCUT2D eigenvalue weighted by Gasteiger charge is -2.11. The molecule has 1 aromatic carbocycles. The predicted octanol–water partition coefficient (Wildman–Crippen LogP) is 5.13. The van der Waals surface area contributed by atoms with Crippen LogP contribution in [0.2, 0.25) is 10.0 Å². The van der Waals surface area contributed by atoms with Gasteiger partial charge in [-0.25, -0.2) is 0 Å². The quantitative estimate of drug-likeness (QED) is 0.527. The first-order valence-corrected chi connectivity index (χ1v) is 10.6. The predicted molar refractivity (Wildman–Crippen MR) is 107 cm³/mol. The van der Waals surface area contributed by atoms with Gasteiger partial charge in [0.25, 0.3) is 0 Å². The second-order valence-electron chi connectivity index (χ2n) is 6.41. The van der Waals surface area contributed by atoms with Crippen LogP contribution in [0.3, 0.4) is 0 Å². The first-order chi connectivity index (χ1) is 12.6. The summed E-state index contributed by atoms with van der Waals surface area (Å²) in [5.41, 5.74) is 1.38. The lowest BCUT2D eigenvalue weighted by molar-refractivity contribution is -0.116. The topological polar surface area (TPSA) is 59.8 Å². The normalized spacial score (nSPS) is 14.0. The van der Waals surface area contributed by atoms with Crippen LogP contribution in [0.25, 0.3) is 0 Å². The van der Waals surface area contributed by atoms with E-state index < -0.39 is 0 Å². The Balaban J connectivity index is 1.48. The molecule has 0 unspecified atom stereocenters. The molecule has 26 heavy (non-hydrogen) atoms. The molecular formula is C18H22Cl2N4OS. The number of fused-ring (bicyclic) bond motifs is 1. The van der Waals surface area contributed by atoms with Gasteiger partial charge in [-0.3, -0.25) is 4.79 Å². The maximum atomic E-state index is 12.2. The van der Waals surface area contributed by atoms with Crippen molar-refractivity contribution in [3.63, 3.8) is 0 Å². The fourth-order valence-electron chi connectivity index (χ4n) is 2.93. The zero-order valence-electron chi connectivity index (χ0n) is 14.7. The molecule has 2 aromatic rings. The average Bonchev–Trinajstić information content (AvgIpc) is 2.85. The molecule has 140 valence electrons. The van der Waals surface area contributed by atoms with Crippen LogP contribution in [0.15, 0.2) is 17.3 Å². The number of aryl methyl sites for hydroxylation is 2. The third kappa shape index (κ3) is 4.72. The van der Waals surface area contributed by atoms with E-state index in [0.717, 1.165) is 41.7 Å². The van der Waals surface area contributed by atoms with Crippen LogP contribution in [0.1, 0.15) is 43.5 Å². The molecule has 0 saturated heterocycles. The minimum atomic E-state index is -0.0833. The second-order valence-corrected chi connectivity index (χ2v) is 8.26. The van der Waals surface area contributed by atoms with Gasteiger partial charge in [0.1, 0.15) is 5.82 Å². The van der Waals surface area contributed by atoms with E-state index in [0.29, 0.717) is 22.2 Å². The highest BCUT2D eigenvalue weighted by Gasteiger charge is 2.15. The van der Waals surface area contributed by atoms with E-state index in [1.54, 1.807) is 17.8 Å². The van der Waals surface area contributed by atoms with Crippen molar-refractivity contribution in [3.8, 4) is 0 Å². The van der Waals surface area contributed by atoms with E-state index in [1.807, 2.05) is 13.0 Å². The number of halogens is 2. The molecule has 1 aromatic heterocycles. The van der Waals surface area contributed by atoms with Crippen LogP contribution in [0, 0.1) is 6.92 Å². The molecule has 1 aliphatic heterocycles. The fourth-order valence-corrected chi connectivity index (χ4v) is 4.32. The molecule has 0 radical (unpaired) electrons. The molecule has 1 N–H and O–H groups in total. The van der Waals surface area contributed by atoms with E-state index in [4.69, 9.17) is 23.2 Å². The molecule has 0 bridgehead atoms. The van der Waals surface area contributed by atoms with Crippen LogP contribution >= 0.6 is 35.0 Å². The maximum absolute atomic E-state index is 12.2. The van der Waals surface area contributed by atoms with Gasteiger partial charge in [0.05, 0.1) is 15.7 Å². The second kappa shape index (κ2) is 9.11. The summed E-state index contributed by atoms with van der Waals surface area (Å²) in [5.74, 6) is 1.83. The molecular weight excluding hydrogens is 391 g/mol. The van der Waals surface area contributed by atoms with E-state index in [9.17, 15) is 4.79 Å². The molecule has 0 saturated carbocycles. The Hall–Kier alpha value is -1.24. The number of amides is 1. The fraction of sp³-hybridized carbons (Fsp3) is 0.500. The molecule has 1 amide bonds. The van der Waals surface area contributed by atoms with Gasteiger partial charge in [-0.1, -0.05) is 47.5 Å². The minimum Gasteiger partial charge on any atom is -0.324 e. The van der Waals surface area contributed by atoms with Gasteiger partial charge in [0.15, 0.2) is 5.16 Å². The molecule has 8 heteroatoms. The van der Waals surface area contributed by atoms with E-state index in [-0.39, 0.29) is 5.91 Å². The van der Waals surface area contributed by atoms with Crippen molar-refractivity contribution >= 4 is 46.6 Å². The number of rotatable bonds is 6. The first-order valence-electron chi connectivity index (χ1n) is 8.85. The van der Waals surface area contributed by atoms with Gasteiger partial charge in [-0.15, -0.1) is 10.2 Å². The van der Waals surface area contributed by atoms with Crippen LogP contribution < -0.4 is 5.32 Å². The Morgan fingerprint density at radius 3 is 2.96 bits per heavy atom. The van der Waals surface area contributed by atoms with Crippen molar-refractivity contribution in [1.82, 2.24) is 14.8 Å². The molecule has 0 spiro atoms. The Kier molecular flexibility index (Phi) is 6.84. The minimum absolute atomic E-state index is 0.0833. The smallest absolute Gasteiger partial charge is 0.224 e. The number of thioether (sulfide) groups is 1. The number of carbonyl (C=O) groups excluding carboxylic acids is 1. The highest BCUT2D eigenvalue weighted by molar-refractivity contribution is 7.99. The number of anilines is 1. The molecule has 0 aliphatic carbocycles. The Morgan fingerprint density at radius 2 is 2.12 bits per heavy atom. The zero-order chi connectivity index (χ0) is 18.5. The summed E-state index contributed by atoms with van der Waals surface area (Å²) < 4.78 is 2.23. The lowest BCUT2D eigenvalue weighted by atomic mass is 10.2. The van der Waals surface area contributed by atoms with Gasteiger partial charge in [0, 0.05) is 25.1 Å². The lowest BCUT2D eigenvalue weighted by Crippen LogP contribution is -2.12. The molecule has 0 atom stereocenters. The number of nitrogens with one attached hydrogen (secondary N) is 1. The molecule has 0 fully saturated rings. The molecule has 1 aliphatic rings. The summed E-state index contributed by atoms with van der Waals surface area (Å²) in [6, 6.07) is 3.57. The third-order valence-electron chi connectivity index (χ3n) is 4.40. The van der Waals surface area contributed by atoms with Crippen LogP contribution in [-0.4, -0.2) is 26.4 Å². The van der Waals surface area contributed by atoms with Crippen LogP contribution in [0.4, 0.5) is 5.69 Å². The highest BCUT2D eigenvalue weighted by Crippen LogP contribution is 2.33. The summed E-state index contributed by atoms with van der Waals surface area (Å²) >= 11 is 14.0. The summed E-state index contributed by atoms with van der Waals surface area (Å²) in [5, 5.41) is 13.3. The van der Waals surface area contributed by atoms with Gasteiger partial charge in [-0.2, -0.15) is 0 Å². The Bertz CT molecular complexity index is 794. The summed E-state index contributed by atoms with van der Waals surface area (Å²) in [6.07, 6.45) is 5.78. The van der Waals surface area contributed by atoms with Crippen molar-refractivity contribution in [2.75, 3.05) is 11.1 Å². The first kappa shape index (κ1) is 19.5. The van der Waals surface area contributed by atoms with Gasteiger partial charge < -0.3 is 9.88 Å². The highest BCUT2D eigenvalue weighted by atomic mass is 35.5. The van der Waals surface area contributed by atoms with Crippen molar-refractivity contribution in [2.24, 2.45) is 0 Å². The van der Waals surface area contributed by atoms with Crippen molar-refractivity contribution in [1.29, 1.82) is 0 Å². The monoisotopic (exact) mass is 412 g/mol. The zero-order valence-corrected chi connectivity index (χ0v) is 17.1. The van der Waals surface area contributed by atoms with Crippen molar-refractivity contribution in [2.45, 2.75) is 57.1 Å². The average molecular weight is 413 g/mol. The van der Waals surface area contributed by atoms with Crippen LogP contribution in [-0.2, 0) is 17.8 Å². The largest absolute Gasteiger partial charge is 0.324 e. The number of benzene rings is 1. The molecule has 5 nitrogen and oxygen atoms in total. The Morgan fingerprint density at radius 1 is 1.27 bits per heavy atom. The van der Waals surface area contributed by atoms with Crippen LogP contribution in [0.5, 0.6) is 0 Å². The number of nitrogens with zero attached hydrogens (tertiary/aromatic N) is 3. The standard InChI is InChI=1S/C18H22Cl2N4OS/c1-12-8-9-13(19)17(16(12)20)21-15(25)7-5-11-26-18-23-22-14-6-3-2-4-10-24(14)18/h8-9H,2-7,10-11H2,1H3,(H,21,25). The number of carbonyl (C=O) groups is 1. The molecule has 2 heterocycles. The number of aromatic nitrogens is 3. The number of hydrogen-bond donors (Lipinski definition) is 1. The van der Waals surface area contributed by atoms with Gasteiger partial charge >= 0.3 is 0 Å². The van der Waals surface area contributed by atoms with E-state index in [1.165, 1.54) is 19.3 Å².